The molecule has 0 radical (unpaired) electrons. The van der Waals surface area contributed by atoms with E-state index in [-0.39, 0.29) is 12.8 Å². The summed E-state index contributed by atoms with van der Waals surface area (Å²) < 4.78 is 16.5. The average Bonchev–Trinajstić information content (AvgIpc) is 2.84. The van der Waals surface area contributed by atoms with Crippen LogP contribution in [0.15, 0.2) is 30.3 Å². The molecule has 1 aliphatic rings. The monoisotopic (exact) mass is 294 g/mol. The first-order chi connectivity index (χ1) is 9.89. The summed E-state index contributed by atoms with van der Waals surface area (Å²) in [7, 11) is 3.40. The lowest BCUT2D eigenvalue weighted by Crippen LogP contribution is -2.48. The molecule has 1 fully saturated rings. The van der Waals surface area contributed by atoms with Gasteiger partial charge in [0.1, 0.15) is 6.61 Å². The Morgan fingerprint density at radius 2 is 2.00 bits per heavy atom. The van der Waals surface area contributed by atoms with Gasteiger partial charge in [0, 0.05) is 14.1 Å². The molecule has 6 nitrogen and oxygen atoms in total. The van der Waals surface area contributed by atoms with E-state index in [1.54, 1.807) is 19.1 Å². The van der Waals surface area contributed by atoms with E-state index in [4.69, 9.17) is 14.2 Å². The number of hydrogen-bond donors (Lipinski definition) is 0. The SMILES string of the molecule is CN(C(=O)OCc1ccccc1)N(C)C1COC(C)(C)O1. The lowest BCUT2D eigenvalue weighted by molar-refractivity contribution is -0.180. The molecule has 1 heterocycles. The first kappa shape index (κ1) is 15.8. The molecule has 1 unspecified atom stereocenters. The van der Waals surface area contributed by atoms with Crippen LogP contribution in [0.1, 0.15) is 19.4 Å². The molecule has 1 atom stereocenters. The fraction of sp³-hybridized carbons (Fsp3) is 0.533. The summed E-state index contributed by atoms with van der Waals surface area (Å²) in [5.41, 5.74) is 0.948. The van der Waals surface area contributed by atoms with Gasteiger partial charge < -0.3 is 14.2 Å². The van der Waals surface area contributed by atoms with Gasteiger partial charge in [-0.3, -0.25) is 0 Å². The highest BCUT2D eigenvalue weighted by atomic mass is 16.8. The van der Waals surface area contributed by atoms with E-state index in [2.05, 4.69) is 0 Å². The molecule has 1 aromatic rings. The quantitative estimate of drug-likeness (QED) is 0.797. The largest absolute Gasteiger partial charge is 0.444 e. The molecule has 1 saturated heterocycles. The summed E-state index contributed by atoms with van der Waals surface area (Å²) in [6, 6.07) is 9.56. The van der Waals surface area contributed by atoms with Gasteiger partial charge in [-0.25, -0.2) is 9.80 Å². The number of carbonyl (C=O) groups is 1. The molecule has 0 aromatic heterocycles. The molecular formula is C15H22N2O4. The molecule has 1 aliphatic heterocycles. The first-order valence-corrected chi connectivity index (χ1v) is 6.88. The van der Waals surface area contributed by atoms with Crippen molar-refractivity contribution in [3.63, 3.8) is 0 Å². The van der Waals surface area contributed by atoms with Gasteiger partial charge in [-0.1, -0.05) is 30.3 Å². The molecule has 116 valence electrons. The number of likely N-dealkylation sites (N-methyl/N-ethyl adjacent to an activating group) is 1. The number of amides is 1. The van der Waals surface area contributed by atoms with Gasteiger partial charge in [0.25, 0.3) is 0 Å². The van der Waals surface area contributed by atoms with E-state index in [1.807, 2.05) is 44.2 Å². The Morgan fingerprint density at radius 1 is 1.33 bits per heavy atom. The number of carbonyl (C=O) groups excluding carboxylic acids is 1. The van der Waals surface area contributed by atoms with Crippen LogP contribution in [0.25, 0.3) is 0 Å². The maximum absolute atomic E-state index is 12.0. The number of rotatable bonds is 4. The Bertz CT molecular complexity index is 478. The smallest absolute Gasteiger partial charge is 0.424 e. The number of ether oxygens (including phenoxy) is 3. The van der Waals surface area contributed by atoms with Crippen LogP contribution in [-0.4, -0.2) is 48.8 Å². The van der Waals surface area contributed by atoms with Gasteiger partial charge in [-0.05, 0) is 19.4 Å². The van der Waals surface area contributed by atoms with Crippen molar-refractivity contribution in [1.82, 2.24) is 10.0 Å². The van der Waals surface area contributed by atoms with Crippen LogP contribution in [0, 0.1) is 0 Å². The zero-order chi connectivity index (χ0) is 15.5. The lowest BCUT2D eigenvalue weighted by atomic mass is 10.2. The molecule has 1 aromatic carbocycles. The highest BCUT2D eigenvalue weighted by Gasteiger charge is 2.37. The Morgan fingerprint density at radius 3 is 2.57 bits per heavy atom. The van der Waals surface area contributed by atoms with E-state index in [1.165, 1.54) is 5.01 Å². The molecule has 1 amide bonds. The lowest BCUT2D eigenvalue weighted by Gasteiger charge is -2.31. The fourth-order valence-electron chi connectivity index (χ4n) is 1.99. The van der Waals surface area contributed by atoms with Crippen LogP contribution in [-0.2, 0) is 20.8 Å². The summed E-state index contributed by atoms with van der Waals surface area (Å²) in [6.07, 6.45) is -0.746. The minimum atomic E-state index is -0.631. The summed E-state index contributed by atoms with van der Waals surface area (Å²) in [5.74, 6) is -0.631. The maximum atomic E-state index is 12.0. The summed E-state index contributed by atoms with van der Waals surface area (Å²) in [5, 5.41) is 3.06. The minimum absolute atomic E-state index is 0.241. The van der Waals surface area contributed by atoms with E-state index >= 15 is 0 Å². The molecular weight excluding hydrogens is 272 g/mol. The van der Waals surface area contributed by atoms with Crippen molar-refractivity contribution in [3.8, 4) is 0 Å². The Hall–Kier alpha value is -1.63. The summed E-state index contributed by atoms with van der Waals surface area (Å²) in [4.78, 5) is 12.0. The number of benzene rings is 1. The van der Waals surface area contributed by atoms with Crippen molar-refractivity contribution in [2.45, 2.75) is 32.5 Å². The maximum Gasteiger partial charge on any atom is 0.424 e. The Kier molecular flexibility index (Phi) is 4.82. The zero-order valence-corrected chi connectivity index (χ0v) is 12.9. The average molecular weight is 294 g/mol. The van der Waals surface area contributed by atoms with Crippen molar-refractivity contribution in [2.75, 3.05) is 20.7 Å². The van der Waals surface area contributed by atoms with E-state index in [0.29, 0.717) is 6.61 Å². The number of hydrogen-bond acceptors (Lipinski definition) is 5. The number of nitrogens with zero attached hydrogens (tertiary/aromatic N) is 2. The molecule has 0 aliphatic carbocycles. The first-order valence-electron chi connectivity index (χ1n) is 6.88. The van der Waals surface area contributed by atoms with Gasteiger partial charge in [0.15, 0.2) is 12.0 Å². The van der Waals surface area contributed by atoms with Gasteiger partial charge in [0.2, 0.25) is 0 Å². The zero-order valence-electron chi connectivity index (χ0n) is 12.9. The molecule has 21 heavy (non-hydrogen) atoms. The van der Waals surface area contributed by atoms with Crippen molar-refractivity contribution in [1.29, 1.82) is 0 Å². The van der Waals surface area contributed by atoms with Crippen molar-refractivity contribution in [2.24, 2.45) is 0 Å². The Balaban J connectivity index is 1.84. The van der Waals surface area contributed by atoms with Crippen LogP contribution in [0.3, 0.4) is 0 Å². The fourth-order valence-corrected chi connectivity index (χ4v) is 1.99. The standard InChI is InChI=1S/C15H22N2O4/c1-15(2)20-11-13(21-15)16(3)17(4)14(18)19-10-12-8-6-5-7-9-12/h5-9,13H,10-11H2,1-4H3. The van der Waals surface area contributed by atoms with Crippen LogP contribution in [0.4, 0.5) is 4.79 Å². The molecule has 0 N–H and O–H groups in total. The van der Waals surface area contributed by atoms with Crippen molar-refractivity contribution >= 4 is 6.09 Å². The van der Waals surface area contributed by atoms with Gasteiger partial charge in [0.05, 0.1) is 6.61 Å². The minimum Gasteiger partial charge on any atom is -0.444 e. The van der Waals surface area contributed by atoms with E-state index in [0.717, 1.165) is 5.56 Å². The molecule has 0 bridgehead atoms. The predicted molar refractivity (Wildman–Crippen MR) is 77.1 cm³/mol. The van der Waals surface area contributed by atoms with Crippen molar-refractivity contribution in [3.05, 3.63) is 35.9 Å². The predicted octanol–water partition coefficient (Wildman–Crippen LogP) is 2.21. The third-order valence-electron chi connectivity index (χ3n) is 3.35. The third kappa shape index (κ3) is 4.17. The topological polar surface area (TPSA) is 51.2 Å². The van der Waals surface area contributed by atoms with Crippen LogP contribution in [0.5, 0.6) is 0 Å². The molecule has 0 saturated carbocycles. The second kappa shape index (κ2) is 6.43. The normalized spacial score (nSPS) is 20.5. The number of hydrazine groups is 1. The van der Waals surface area contributed by atoms with E-state index < -0.39 is 11.9 Å². The third-order valence-corrected chi connectivity index (χ3v) is 3.35. The Labute approximate surface area is 125 Å². The van der Waals surface area contributed by atoms with Crippen LogP contribution < -0.4 is 0 Å². The summed E-state index contributed by atoms with van der Waals surface area (Å²) in [6.45, 7) is 4.33. The van der Waals surface area contributed by atoms with Gasteiger partial charge in [-0.2, -0.15) is 5.01 Å². The molecule has 6 heteroatoms. The molecule has 0 spiro atoms. The van der Waals surface area contributed by atoms with Gasteiger partial charge >= 0.3 is 6.09 Å². The highest BCUT2D eigenvalue weighted by Crippen LogP contribution is 2.24. The highest BCUT2D eigenvalue weighted by molar-refractivity contribution is 5.66. The molecule has 2 rings (SSSR count). The summed E-state index contributed by atoms with van der Waals surface area (Å²) >= 11 is 0. The van der Waals surface area contributed by atoms with Crippen molar-refractivity contribution < 1.29 is 19.0 Å². The van der Waals surface area contributed by atoms with Gasteiger partial charge in [-0.15, -0.1) is 0 Å². The van der Waals surface area contributed by atoms with E-state index in [9.17, 15) is 4.79 Å². The second-order valence-corrected chi connectivity index (χ2v) is 5.42. The second-order valence-electron chi connectivity index (χ2n) is 5.42. The van der Waals surface area contributed by atoms with Crippen LogP contribution in [0.2, 0.25) is 0 Å². The van der Waals surface area contributed by atoms with Crippen LogP contribution >= 0.6 is 0 Å².